The van der Waals surface area contributed by atoms with Gasteiger partial charge in [0.05, 0.1) is 18.5 Å². The monoisotopic (exact) mass is 448 g/mol. The molecular weight excluding hydrogens is 428 g/mol. The van der Waals surface area contributed by atoms with Gasteiger partial charge in [0, 0.05) is 22.3 Å². The maximum Gasteiger partial charge on any atom is 0.255 e. The van der Waals surface area contributed by atoms with E-state index in [4.69, 9.17) is 4.74 Å². The molecule has 0 heterocycles. The lowest BCUT2D eigenvalue weighted by Gasteiger charge is -2.13. The van der Waals surface area contributed by atoms with E-state index in [-0.39, 0.29) is 17.6 Å². The summed E-state index contributed by atoms with van der Waals surface area (Å²) >= 11 is 0. The van der Waals surface area contributed by atoms with Crippen molar-refractivity contribution >= 4 is 29.0 Å². The van der Waals surface area contributed by atoms with Crippen LogP contribution in [0.3, 0.4) is 0 Å². The molecule has 2 N–H and O–H groups in total. The van der Waals surface area contributed by atoms with Crippen LogP contribution in [-0.2, 0) is 0 Å². The average Bonchev–Trinajstić information content (AvgIpc) is 3.16. The van der Waals surface area contributed by atoms with Gasteiger partial charge in [-0.25, -0.2) is 0 Å². The van der Waals surface area contributed by atoms with Crippen LogP contribution < -0.4 is 15.4 Å². The number of para-hydroxylation sites is 2. The normalized spacial score (nSPS) is 11.4. The fourth-order valence-electron chi connectivity index (χ4n) is 4.00. The number of carbonyl (C=O) groups is 3. The Morgan fingerprint density at radius 3 is 1.79 bits per heavy atom. The zero-order valence-electron chi connectivity index (χ0n) is 18.3. The van der Waals surface area contributed by atoms with Crippen molar-refractivity contribution in [1.82, 2.24) is 0 Å². The number of hydrogen-bond acceptors (Lipinski definition) is 4. The van der Waals surface area contributed by atoms with Gasteiger partial charge < -0.3 is 15.4 Å². The second-order valence-electron chi connectivity index (χ2n) is 7.82. The number of fused-ring (bicyclic) bond motifs is 3. The fraction of sp³-hybridized carbons (Fsp3) is 0.0357. The summed E-state index contributed by atoms with van der Waals surface area (Å²) in [6, 6.07) is 26.2. The van der Waals surface area contributed by atoms with Crippen LogP contribution in [-0.4, -0.2) is 24.7 Å². The van der Waals surface area contributed by atoms with Crippen LogP contribution in [0, 0.1) is 0 Å². The highest BCUT2D eigenvalue weighted by Crippen LogP contribution is 2.37. The van der Waals surface area contributed by atoms with Crippen molar-refractivity contribution in [2.45, 2.75) is 0 Å². The molecule has 1 aliphatic carbocycles. The summed E-state index contributed by atoms with van der Waals surface area (Å²) in [6.45, 7) is 0. The molecule has 0 atom stereocenters. The minimum atomic E-state index is -0.377. The van der Waals surface area contributed by atoms with Gasteiger partial charge in [-0.2, -0.15) is 0 Å². The van der Waals surface area contributed by atoms with Crippen LogP contribution in [0.1, 0.15) is 36.6 Å². The van der Waals surface area contributed by atoms with Gasteiger partial charge in [0.25, 0.3) is 11.8 Å². The van der Waals surface area contributed by atoms with E-state index >= 15 is 0 Å². The number of hydrogen-bond donors (Lipinski definition) is 2. The fourth-order valence-corrected chi connectivity index (χ4v) is 4.00. The van der Waals surface area contributed by atoms with Crippen LogP contribution in [0.5, 0.6) is 5.75 Å². The number of ether oxygens (including phenoxy) is 1. The SMILES string of the molecule is COc1ccc(C(=O)Nc2ccccc2NC(=O)c2ccc3c(c2)C(=O)c2ccccc2-3)cc1. The molecule has 0 aliphatic heterocycles. The first-order valence-corrected chi connectivity index (χ1v) is 10.7. The van der Waals surface area contributed by atoms with Gasteiger partial charge in [-0.05, 0) is 59.7 Å². The van der Waals surface area contributed by atoms with E-state index in [1.54, 1.807) is 79.9 Å². The number of methoxy groups -OCH3 is 1. The van der Waals surface area contributed by atoms with Crippen molar-refractivity contribution < 1.29 is 19.1 Å². The lowest BCUT2D eigenvalue weighted by Crippen LogP contribution is -2.17. The number of ketones is 1. The van der Waals surface area contributed by atoms with Gasteiger partial charge in [0.1, 0.15) is 5.75 Å². The molecular formula is C28H20N2O4. The molecule has 0 radical (unpaired) electrons. The third kappa shape index (κ3) is 3.82. The summed E-state index contributed by atoms with van der Waals surface area (Å²) in [5, 5.41) is 5.68. The maximum absolute atomic E-state index is 13.0. The first kappa shape index (κ1) is 21.2. The summed E-state index contributed by atoms with van der Waals surface area (Å²) in [4.78, 5) is 38.5. The van der Waals surface area contributed by atoms with E-state index in [1.165, 1.54) is 0 Å². The highest BCUT2D eigenvalue weighted by Gasteiger charge is 2.27. The number of carbonyl (C=O) groups excluding carboxylic acids is 3. The summed E-state index contributed by atoms with van der Waals surface area (Å²) in [5.74, 6) is -0.129. The molecule has 5 rings (SSSR count). The Bertz CT molecular complexity index is 1440. The van der Waals surface area contributed by atoms with E-state index in [0.29, 0.717) is 39.4 Å². The third-order valence-corrected chi connectivity index (χ3v) is 5.76. The molecule has 0 spiro atoms. The van der Waals surface area contributed by atoms with Crippen LogP contribution in [0.2, 0.25) is 0 Å². The summed E-state index contributed by atoms with van der Waals surface area (Å²) in [7, 11) is 1.56. The first-order valence-electron chi connectivity index (χ1n) is 10.7. The van der Waals surface area contributed by atoms with Gasteiger partial charge in [-0.1, -0.05) is 42.5 Å². The van der Waals surface area contributed by atoms with Gasteiger partial charge in [-0.15, -0.1) is 0 Å². The lowest BCUT2D eigenvalue weighted by atomic mass is 10.0. The summed E-state index contributed by atoms with van der Waals surface area (Å²) < 4.78 is 5.12. The Morgan fingerprint density at radius 1 is 0.618 bits per heavy atom. The van der Waals surface area contributed by atoms with E-state index in [9.17, 15) is 14.4 Å². The molecule has 6 nitrogen and oxygen atoms in total. The molecule has 0 saturated heterocycles. The Morgan fingerprint density at radius 2 is 1.15 bits per heavy atom. The van der Waals surface area contributed by atoms with Crippen molar-refractivity contribution in [2.75, 3.05) is 17.7 Å². The summed E-state index contributed by atoms with van der Waals surface area (Å²) in [6.07, 6.45) is 0. The smallest absolute Gasteiger partial charge is 0.255 e. The number of benzene rings is 4. The van der Waals surface area contributed by atoms with Crippen LogP contribution in [0.15, 0.2) is 91.0 Å². The Hall–Kier alpha value is -4.71. The molecule has 0 fully saturated rings. The lowest BCUT2D eigenvalue weighted by molar-refractivity contribution is 0.101. The van der Waals surface area contributed by atoms with Crippen LogP contribution in [0.25, 0.3) is 11.1 Å². The molecule has 0 unspecified atom stereocenters. The summed E-state index contributed by atoms with van der Waals surface area (Å²) in [5.41, 5.74) is 4.57. The van der Waals surface area contributed by atoms with Crippen molar-refractivity contribution in [3.05, 3.63) is 113 Å². The van der Waals surface area contributed by atoms with Crippen molar-refractivity contribution in [2.24, 2.45) is 0 Å². The number of rotatable bonds is 5. The molecule has 166 valence electrons. The number of nitrogens with one attached hydrogen (secondary N) is 2. The molecule has 0 saturated carbocycles. The van der Waals surface area contributed by atoms with Crippen LogP contribution in [0.4, 0.5) is 11.4 Å². The molecule has 4 aromatic rings. The second kappa shape index (κ2) is 8.67. The molecule has 0 aromatic heterocycles. The second-order valence-corrected chi connectivity index (χ2v) is 7.82. The topological polar surface area (TPSA) is 84.5 Å². The quantitative estimate of drug-likeness (QED) is 0.376. The highest BCUT2D eigenvalue weighted by atomic mass is 16.5. The zero-order valence-corrected chi connectivity index (χ0v) is 18.3. The Kier molecular flexibility index (Phi) is 5.40. The number of amides is 2. The third-order valence-electron chi connectivity index (χ3n) is 5.76. The largest absolute Gasteiger partial charge is 0.497 e. The molecule has 34 heavy (non-hydrogen) atoms. The van der Waals surface area contributed by atoms with Crippen LogP contribution >= 0.6 is 0 Å². The van der Waals surface area contributed by atoms with Crippen molar-refractivity contribution in [1.29, 1.82) is 0 Å². The van der Waals surface area contributed by atoms with Gasteiger partial charge in [-0.3, -0.25) is 14.4 Å². The minimum absolute atomic E-state index is 0.0904. The van der Waals surface area contributed by atoms with E-state index in [0.717, 1.165) is 11.1 Å². The minimum Gasteiger partial charge on any atom is -0.497 e. The Labute approximate surface area is 196 Å². The molecule has 2 amide bonds. The average molecular weight is 448 g/mol. The molecule has 1 aliphatic rings. The van der Waals surface area contributed by atoms with E-state index in [2.05, 4.69) is 10.6 Å². The van der Waals surface area contributed by atoms with Gasteiger partial charge >= 0.3 is 0 Å². The maximum atomic E-state index is 13.0. The predicted molar refractivity (Wildman–Crippen MR) is 131 cm³/mol. The van der Waals surface area contributed by atoms with Crippen molar-refractivity contribution in [3.63, 3.8) is 0 Å². The highest BCUT2D eigenvalue weighted by molar-refractivity contribution is 6.22. The molecule has 0 bridgehead atoms. The first-order chi connectivity index (χ1) is 16.5. The van der Waals surface area contributed by atoms with Crippen molar-refractivity contribution in [3.8, 4) is 16.9 Å². The molecule has 4 aromatic carbocycles. The predicted octanol–water partition coefficient (Wildman–Crippen LogP) is 5.41. The van der Waals surface area contributed by atoms with Gasteiger partial charge in [0.2, 0.25) is 0 Å². The molecule has 6 heteroatoms. The standard InChI is InChI=1S/C28H20N2O4/c1-34-19-13-10-17(11-14-19)27(32)29-24-8-4-5-9-25(24)30-28(33)18-12-15-21-20-6-2-3-7-22(20)26(31)23(21)16-18/h2-16H,1H3,(H,29,32)(H,30,33). The Balaban J connectivity index is 1.36. The van der Waals surface area contributed by atoms with Gasteiger partial charge in [0.15, 0.2) is 5.78 Å². The van der Waals surface area contributed by atoms with E-state index < -0.39 is 0 Å². The van der Waals surface area contributed by atoms with E-state index in [1.807, 2.05) is 18.2 Å². The number of anilines is 2. The zero-order chi connectivity index (χ0) is 23.7.